The fourth-order valence-electron chi connectivity index (χ4n) is 3.71. The maximum absolute atomic E-state index is 12.6. The summed E-state index contributed by atoms with van der Waals surface area (Å²) in [6.45, 7) is 0. The molecule has 0 aromatic heterocycles. The van der Waals surface area contributed by atoms with E-state index in [1.807, 2.05) is 30.3 Å². The second-order valence-corrected chi connectivity index (χ2v) is 6.70. The van der Waals surface area contributed by atoms with Crippen LogP contribution < -0.4 is 4.74 Å². The van der Waals surface area contributed by atoms with E-state index in [-0.39, 0.29) is 11.4 Å². The van der Waals surface area contributed by atoms with Crippen molar-refractivity contribution in [1.82, 2.24) is 0 Å². The Labute approximate surface area is 166 Å². The number of ether oxygens (including phenoxy) is 1. The lowest BCUT2D eigenvalue weighted by Crippen LogP contribution is -2.16. The highest BCUT2D eigenvalue weighted by Crippen LogP contribution is 2.37. The lowest BCUT2D eigenvalue weighted by molar-refractivity contribution is -0.386. The van der Waals surface area contributed by atoms with Crippen LogP contribution in [0, 0.1) is 10.1 Å². The number of rotatable bonds is 4. The molecule has 0 atom stereocenters. The Morgan fingerprint density at radius 1 is 1.07 bits per heavy atom. The summed E-state index contributed by atoms with van der Waals surface area (Å²) in [6.07, 6.45) is 1.78. The largest absolute Gasteiger partial charge is 0.490 e. The summed E-state index contributed by atoms with van der Waals surface area (Å²) in [6, 6.07) is 16.2. The summed E-state index contributed by atoms with van der Waals surface area (Å²) in [5.74, 6) is -0.354. The van der Waals surface area contributed by atoms with Crippen LogP contribution in [0.4, 0.5) is 5.69 Å². The van der Waals surface area contributed by atoms with Crippen molar-refractivity contribution >= 4 is 28.1 Å². The molecule has 0 N–H and O–H groups in total. The zero-order valence-corrected chi connectivity index (χ0v) is 15.8. The van der Waals surface area contributed by atoms with Gasteiger partial charge in [-0.2, -0.15) is 0 Å². The average molecular weight is 390 g/mol. The summed E-state index contributed by atoms with van der Waals surface area (Å²) in [4.78, 5) is 29.0. The predicted molar refractivity (Wildman–Crippen MR) is 108 cm³/mol. The molecule has 0 unspecified atom stereocenters. The second-order valence-electron chi connectivity index (χ2n) is 6.70. The van der Waals surface area contributed by atoms with Gasteiger partial charge in [-0.15, -0.1) is 0 Å². The highest BCUT2D eigenvalue weighted by Gasteiger charge is 2.29. The normalized spacial score (nSPS) is 14.4. The van der Waals surface area contributed by atoms with Crippen LogP contribution in [0.5, 0.6) is 5.75 Å². The van der Waals surface area contributed by atoms with E-state index < -0.39 is 10.9 Å². The molecule has 3 aromatic carbocycles. The van der Waals surface area contributed by atoms with Crippen molar-refractivity contribution in [1.29, 1.82) is 0 Å². The van der Waals surface area contributed by atoms with Gasteiger partial charge in [-0.05, 0) is 48.2 Å². The summed E-state index contributed by atoms with van der Waals surface area (Å²) < 4.78 is 5.14. The number of methoxy groups -OCH3 is 1. The number of oxime groups is 1. The minimum Gasteiger partial charge on any atom is -0.490 e. The Morgan fingerprint density at radius 3 is 2.66 bits per heavy atom. The van der Waals surface area contributed by atoms with Gasteiger partial charge in [0.1, 0.15) is 0 Å². The van der Waals surface area contributed by atoms with Crippen molar-refractivity contribution in [3.8, 4) is 5.75 Å². The van der Waals surface area contributed by atoms with Crippen molar-refractivity contribution in [3.63, 3.8) is 0 Å². The number of nitro groups is 1. The Bertz CT molecular complexity index is 1150. The SMILES string of the molecule is COc1ccc2c(c1[N+](=O)[O-])CCCC2=NOC(=O)c1cccc2ccccc12. The van der Waals surface area contributed by atoms with Crippen LogP contribution >= 0.6 is 0 Å². The fourth-order valence-corrected chi connectivity index (χ4v) is 3.71. The van der Waals surface area contributed by atoms with Gasteiger partial charge in [0, 0.05) is 11.1 Å². The highest BCUT2D eigenvalue weighted by atomic mass is 16.7. The molecule has 0 amide bonds. The van der Waals surface area contributed by atoms with E-state index in [0.717, 1.165) is 10.8 Å². The van der Waals surface area contributed by atoms with Gasteiger partial charge in [0.25, 0.3) is 0 Å². The molecule has 0 saturated heterocycles. The predicted octanol–water partition coefficient (Wildman–Crippen LogP) is 4.65. The van der Waals surface area contributed by atoms with E-state index in [2.05, 4.69) is 5.16 Å². The average Bonchev–Trinajstić information content (AvgIpc) is 2.75. The topological polar surface area (TPSA) is 91.0 Å². The zero-order chi connectivity index (χ0) is 20.4. The summed E-state index contributed by atoms with van der Waals surface area (Å²) in [5.41, 5.74) is 2.06. The van der Waals surface area contributed by atoms with Crippen molar-refractivity contribution < 1.29 is 19.3 Å². The molecular weight excluding hydrogens is 372 g/mol. The van der Waals surface area contributed by atoms with Crippen LogP contribution in [0.2, 0.25) is 0 Å². The van der Waals surface area contributed by atoms with Crippen LogP contribution in [-0.4, -0.2) is 23.7 Å². The van der Waals surface area contributed by atoms with E-state index in [9.17, 15) is 14.9 Å². The van der Waals surface area contributed by atoms with E-state index >= 15 is 0 Å². The van der Waals surface area contributed by atoms with Crippen molar-refractivity contribution in [2.75, 3.05) is 7.11 Å². The minimum absolute atomic E-state index is 0.0576. The molecule has 1 aliphatic carbocycles. The fraction of sp³-hybridized carbons (Fsp3) is 0.182. The summed E-state index contributed by atoms with van der Waals surface area (Å²) in [5, 5.41) is 17.3. The number of hydrogen-bond acceptors (Lipinski definition) is 6. The van der Waals surface area contributed by atoms with Gasteiger partial charge in [0.15, 0.2) is 5.75 Å². The Kier molecular flexibility index (Phi) is 4.95. The van der Waals surface area contributed by atoms with Crippen LogP contribution in [-0.2, 0) is 11.3 Å². The Balaban J connectivity index is 1.68. The van der Waals surface area contributed by atoms with Crippen LogP contribution in [0.3, 0.4) is 0 Å². The van der Waals surface area contributed by atoms with Crippen molar-refractivity contribution in [2.24, 2.45) is 5.16 Å². The third kappa shape index (κ3) is 3.42. The third-order valence-electron chi connectivity index (χ3n) is 5.05. The molecule has 0 bridgehead atoms. The van der Waals surface area contributed by atoms with Crippen LogP contribution in [0.15, 0.2) is 59.8 Å². The molecule has 3 aromatic rings. The number of benzene rings is 3. The zero-order valence-electron chi connectivity index (χ0n) is 15.8. The molecule has 146 valence electrons. The molecule has 7 heteroatoms. The third-order valence-corrected chi connectivity index (χ3v) is 5.05. The number of nitrogens with zero attached hydrogens (tertiary/aromatic N) is 2. The van der Waals surface area contributed by atoms with E-state index in [1.165, 1.54) is 7.11 Å². The molecule has 0 aliphatic heterocycles. The van der Waals surface area contributed by atoms with Gasteiger partial charge in [0.05, 0.1) is 23.3 Å². The van der Waals surface area contributed by atoms with Crippen molar-refractivity contribution in [3.05, 3.63) is 81.4 Å². The molecule has 0 saturated carbocycles. The quantitative estimate of drug-likeness (QED) is 0.367. The minimum atomic E-state index is -0.565. The first-order chi connectivity index (χ1) is 14.1. The molecule has 7 nitrogen and oxygen atoms in total. The number of nitro benzene ring substituents is 1. The van der Waals surface area contributed by atoms with Gasteiger partial charge in [-0.1, -0.05) is 41.6 Å². The summed E-state index contributed by atoms with van der Waals surface area (Å²) >= 11 is 0. The molecule has 0 heterocycles. The molecular formula is C22H18N2O5. The number of hydrogen-bond donors (Lipinski definition) is 0. The maximum atomic E-state index is 12.6. The van der Waals surface area contributed by atoms with E-state index in [4.69, 9.17) is 9.57 Å². The highest BCUT2D eigenvalue weighted by molar-refractivity contribution is 6.06. The standard InChI is InChI=1S/C22H18N2O5/c1-28-20-13-12-16-17(21(20)24(26)27)9-5-11-19(16)23-29-22(25)18-10-4-7-14-6-2-3-8-15(14)18/h2-4,6-8,10,12-13H,5,9,11H2,1H3. The second kappa shape index (κ2) is 7.71. The number of fused-ring (bicyclic) bond motifs is 2. The lowest BCUT2D eigenvalue weighted by Gasteiger charge is -2.18. The molecule has 0 radical (unpaired) electrons. The Morgan fingerprint density at radius 2 is 1.86 bits per heavy atom. The van der Waals surface area contributed by atoms with Gasteiger partial charge < -0.3 is 9.57 Å². The van der Waals surface area contributed by atoms with Gasteiger partial charge in [0.2, 0.25) is 0 Å². The smallest absolute Gasteiger partial charge is 0.366 e. The summed E-state index contributed by atoms with van der Waals surface area (Å²) in [7, 11) is 1.40. The molecule has 0 spiro atoms. The molecule has 4 rings (SSSR count). The lowest BCUT2D eigenvalue weighted by atomic mass is 9.88. The monoisotopic (exact) mass is 390 g/mol. The van der Waals surface area contributed by atoms with Crippen LogP contribution in [0.25, 0.3) is 10.8 Å². The van der Waals surface area contributed by atoms with E-state index in [1.54, 1.807) is 24.3 Å². The first-order valence-electron chi connectivity index (χ1n) is 9.20. The number of carbonyl (C=O) groups is 1. The molecule has 0 fully saturated rings. The van der Waals surface area contributed by atoms with Crippen LogP contribution in [0.1, 0.15) is 34.3 Å². The van der Waals surface area contributed by atoms with E-state index in [0.29, 0.717) is 41.7 Å². The van der Waals surface area contributed by atoms with Gasteiger partial charge in [-0.3, -0.25) is 10.1 Å². The maximum Gasteiger partial charge on any atom is 0.366 e. The van der Waals surface area contributed by atoms with Gasteiger partial charge >= 0.3 is 11.7 Å². The Hall–Kier alpha value is -3.74. The van der Waals surface area contributed by atoms with Crippen molar-refractivity contribution in [2.45, 2.75) is 19.3 Å². The molecule has 1 aliphatic rings. The first-order valence-corrected chi connectivity index (χ1v) is 9.20. The molecule has 29 heavy (non-hydrogen) atoms. The number of carbonyl (C=O) groups excluding carboxylic acids is 1. The van der Waals surface area contributed by atoms with Gasteiger partial charge in [-0.25, -0.2) is 4.79 Å². The first kappa shape index (κ1) is 18.6.